The van der Waals surface area contributed by atoms with E-state index >= 15 is 0 Å². The molecule has 110 valence electrons. The van der Waals surface area contributed by atoms with Crippen LogP contribution in [0.25, 0.3) is 0 Å². The smallest absolute Gasteiger partial charge is 0.0471 e. The summed E-state index contributed by atoms with van der Waals surface area (Å²) in [6, 6.07) is 15.4. The van der Waals surface area contributed by atoms with Gasteiger partial charge in [0.2, 0.25) is 0 Å². The molecule has 2 aromatic carbocycles. The summed E-state index contributed by atoms with van der Waals surface area (Å²) in [5, 5.41) is 4.25. The van der Waals surface area contributed by atoms with Crippen LogP contribution in [-0.2, 0) is 13.0 Å². The van der Waals surface area contributed by atoms with Gasteiger partial charge in [-0.15, -0.1) is 0 Å². The zero-order valence-corrected chi connectivity index (χ0v) is 13.3. The minimum atomic E-state index is 0.464. The van der Waals surface area contributed by atoms with Gasteiger partial charge in [0.1, 0.15) is 0 Å². The highest BCUT2D eigenvalue weighted by Gasteiger charge is 2.20. The second-order valence-corrected chi connectivity index (χ2v) is 6.25. The second-order valence-electron chi connectivity index (χ2n) is 5.84. The average molecular weight is 301 g/mol. The van der Waals surface area contributed by atoms with Crippen LogP contribution >= 0.6 is 11.6 Å². The highest BCUT2D eigenvalue weighted by atomic mass is 35.5. The molecular weight excluding hydrogens is 280 g/mol. The van der Waals surface area contributed by atoms with Crippen LogP contribution in [0.1, 0.15) is 25.0 Å². The number of hydrogen-bond acceptors (Lipinski definition) is 2. The molecule has 1 aliphatic rings. The van der Waals surface area contributed by atoms with E-state index in [-0.39, 0.29) is 0 Å². The van der Waals surface area contributed by atoms with Gasteiger partial charge in [0, 0.05) is 35.5 Å². The number of halogens is 1. The Balaban J connectivity index is 1.83. The largest absolute Gasteiger partial charge is 0.341 e. The summed E-state index contributed by atoms with van der Waals surface area (Å²) >= 11 is 6.45. The van der Waals surface area contributed by atoms with Gasteiger partial charge in [-0.2, -0.15) is 0 Å². The zero-order valence-electron chi connectivity index (χ0n) is 12.6. The van der Waals surface area contributed by atoms with E-state index < -0.39 is 0 Å². The Morgan fingerprint density at radius 3 is 2.76 bits per heavy atom. The van der Waals surface area contributed by atoms with Gasteiger partial charge in [-0.25, -0.2) is 0 Å². The summed E-state index contributed by atoms with van der Waals surface area (Å²) in [5.41, 5.74) is 5.06. The van der Waals surface area contributed by atoms with Crippen molar-refractivity contribution in [2.75, 3.05) is 11.4 Å². The number of nitrogens with zero attached hydrogens (tertiary/aromatic N) is 1. The topological polar surface area (TPSA) is 15.3 Å². The maximum atomic E-state index is 6.45. The summed E-state index contributed by atoms with van der Waals surface area (Å²) in [6.07, 6.45) is 1.10. The third-order valence-corrected chi connectivity index (χ3v) is 4.29. The van der Waals surface area contributed by atoms with Crippen LogP contribution in [0, 0.1) is 0 Å². The summed E-state index contributed by atoms with van der Waals surface area (Å²) in [6.45, 7) is 6.12. The van der Waals surface area contributed by atoms with Crippen molar-refractivity contribution in [1.82, 2.24) is 5.32 Å². The van der Waals surface area contributed by atoms with E-state index in [4.69, 9.17) is 11.6 Å². The van der Waals surface area contributed by atoms with Crippen LogP contribution in [0.2, 0.25) is 5.02 Å². The Hall–Kier alpha value is -1.51. The lowest BCUT2D eigenvalue weighted by Gasteiger charge is -2.21. The van der Waals surface area contributed by atoms with Gasteiger partial charge in [-0.05, 0) is 35.7 Å². The summed E-state index contributed by atoms with van der Waals surface area (Å²) in [4.78, 5) is 2.35. The van der Waals surface area contributed by atoms with E-state index in [1.807, 2.05) is 0 Å². The van der Waals surface area contributed by atoms with Crippen LogP contribution in [0.4, 0.5) is 11.4 Å². The van der Waals surface area contributed by atoms with Crippen molar-refractivity contribution in [2.45, 2.75) is 32.9 Å². The van der Waals surface area contributed by atoms with Gasteiger partial charge < -0.3 is 10.2 Å². The molecule has 0 aromatic heterocycles. The molecule has 0 aliphatic carbocycles. The molecule has 2 nitrogen and oxygen atoms in total. The van der Waals surface area contributed by atoms with Crippen molar-refractivity contribution in [3.8, 4) is 0 Å². The summed E-state index contributed by atoms with van der Waals surface area (Å²) < 4.78 is 0. The lowest BCUT2D eigenvalue weighted by Crippen LogP contribution is -2.22. The van der Waals surface area contributed by atoms with Crippen molar-refractivity contribution in [3.05, 3.63) is 58.6 Å². The van der Waals surface area contributed by atoms with E-state index in [1.54, 1.807) is 0 Å². The number of nitrogens with one attached hydrogen (secondary N) is 1. The molecule has 0 amide bonds. The highest BCUT2D eigenvalue weighted by molar-refractivity contribution is 6.31. The minimum absolute atomic E-state index is 0.464. The Labute approximate surface area is 131 Å². The Kier molecular flexibility index (Phi) is 4.18. The molecule has 0 fully saturated rings. The monoisotopic (exact) mass is 300 g/mol. The Bertz CT molecular complexity index is 637. The molecule has 0 radical (unpaired) electrons. The lowest BCUT2D eigenvalue weighted by atomic mass is 10.1. The first kappa shape index (κ1) is 14.4. The number of benzene rings is 2. The standard InChI is InChI=1S/C18H21ClN2/c1-13(2)20-12-15-7-8-16(11-17(15)19)21-10-9-14-5-3-4-6-18(14)21/h3-8,11,13,20H,9-10,12H2,1-2H3. The SMILES string of the molecule is CC(C)NCc1ccc(N2CCc3ccccc32)cc1Cl. The molecule has 1 aliphatic heterocycles. The van der Waals surface area contributed by atoms with Gasteiger partial charge >= 0.3 is 0 Å². The molecule has 0 bridgehead atoms. The molecule has 0 saturated carbocycles. The van der Waals surface area contributed by atoms with E-state index in [2.05, 4.69) is 66.5 Å². The second kappa shape index (κ2) is 6.08. The van der Waals surface area contributed by atoms with Crippen molar-refractivity contribution in [2.24, 2.45) is 0 Å². The molecule has 1 heterocycles. The van der Waals surface area contributed by atoms with Gasteiger partial charge in [0.15, 0.2) is 0 Å². The number of para-hydroxylation sites is 1. The summed E-state index contributed by atoms with van der Waals surface area (Å²) in [5.74, 6) is 0. The number of rotatable bonds is 4. The van der Waals surface area contributed by atoms with Crippen molar-refractivity contribution in [1.29, 1.82) is 0 Å². The fourth-order valence-electron chi connectivity index (χ4n) is 2.77. The molecule has 2 aromatic rings. The molecule has 0 unspecified atom stereocenters. The van der Waals surface area contributed by atoms with Crippen molar-refractivity contribution >= 4 is 23.0 Å². The quantitative estimate of drug-likeness (QED) is 0.892. The van der Waals surface area contributed by atoms with Crippen LogP contribution in [0.15, 0.2) is 42.5 Å². The minimum Gasteiger partial charge on any atom is -0.341 e. The maximum Gasteiger partial charge on any atom is 0.0471 e. The van der Waals surface area contributed by atoms with Crippen LogP contribution in [-0.4, -0.2) is 12.6 Å². The van der Waals surface area contributed by atoms with E-state index in [0.29, 0.717) is 6.04 Å². The maximum absolute atomic E-state index is 6.45. The summed E-state index contributed by atoms with van der Waals surface area (Å²) in [7, 11) is 0. The molecule has 3 rings (SSSR count). The first-order chi connectivity index (χ1) is 10.1. The lowest BCUT2D eigenvalue weighted by molar-refractivity contribution is 0.589. The molecule has 0 saturated heterocycles. The predicted molar refractivity (Wildman–Crippen MR) is 90.6 cm³/mol. The molecule has 0 atom stereocenters. The van der Waals surface area contributed by atoms with Gasteiger partial charge in [-0.3, -0.25) is 0 Å². The van der Waals surface area contributed by atoms with Gasteiger partial charge in [0.25, 0.3) is 0 Å². The predicted octanol–water partition coefficient (Wildman–Crippen LogP) is 4.53. The van der Waals surface area contributed by atoms with E-state index in [9.17, 15) is 0 Å². The fraction of sp³-hybridized carbons (Fsp3) is 0.333. The molecule has 21 heavy (non-hydrogen) atoms. The van der Waals surface area contributed by atoms with E-state index in [0.717, 1.165) is 30.1 Å². The van der Waals surface area contributed by atoms with Crippen molar-refractivity contribution in [3.63, 3.8) is 0 Å². The number of fused-ring (bicyclic) bond motifs is 1. The van der Waals surface area contributed by atoms with Crippen LogP contribution < -0.4 is 10.2 Å². The zero-order chi connectivity index (χ0) is 14.8. The van der Waals surface area contributed by atoms with Crippen LogP contribution in [0.3, 0.4) is 0 Å². The third kappa shape index (κ3) is 3.07. The average Bonchev–Trinajstić information content (AvgIpc) is 2.89. The third-order valence-electron chi connectivity index (χ3n) is 3.94. The normalized spacial score (nSPS) is 13.8. The van der Waals surface area contributed by atoms with Crippen molar-refractivity contribution < 1.29 is 0 Å². The van der Waals surface area contributed by atoms with Gasteiger partial charge in [-0.1, -0.05) is 49.7 Å². The van der Waals surface area contributed by atoms with Crippen LogP contribution in [0.5, 0.6) is 0 Å². The number of anilines is 2. The highest BCUT2D eigenvalue weighted by Crippen LogP contribution is 2.35. The molecule has 1 N–H and O–H groups in total. The first-order valence-corrected chi connectivity index (χ1v) is 7.90. The Morgan fingerprint density at radius 1 is 1.19 bits per heavy atom. The fourth-order valence-corrected chi connectivity index (χ4v) is 3.01. The molecule has 3 heteroatoms. The number of hydrogen-bond donors (Lipinski definition) is 1. The Morgan fingerprint density at radius 2 is 2.00 bits per heavy atom. The van der Waals surface area contributed by atoms with Gasteiger partial charge in [0.05, 0.1) is 0 Å². The molecule has 0 spiro atoms. The van der Waals surface area contributed by atoms with E-state index in [1.165, 1.54) is 16.9 Å². The molecular formula is C18H21ClN2. The first-order valence-electron chi connectivity index (χ1n) is 7.52.